The molecule has 166 valence electrons. The zero-order valence-electron chi connectivity index (χ0n) is 17.3. The molecule has 1 fully saturated rings. The molecule has 2 aromatic carbocycles. The van der Waals surface area contributed by atoms with Crippen molar-refractivity contribution in [2.45, 2.75) is 19.4 Å². The average molecular weight is 472 g/mol. The lowest BCUT2D eigenvalue weighted by Gasteiger charge is -2.18. The monoisotopic (exact) mass is 471 g/mol. The van der Waals surface area contributed by atoms with Crippen LogP contribution in [0, 0.1) is 0 Å². The number of thioether (sulfide) groups is 1. The SMILES string of the molecule is CC(=O)NC(CC(=O)NCCN1C(=O)SC(=Cc2ccc(Cl)cc2)C1=O)c1ccccc1. The number of hydrogen-bond donors (Lipinski definition) is 2. The molecular formula is C23H22ClN3O4S. The number of carbonyl (C=O) groups is 4. The minimum atomic E-state index is -0.465. The van der Waals surface area contributed by atoms with Crippen molar-refractivity contribution in [2.24, 2.45) is 0 Å². The molecule has 9 heteroatoms. The molecule has 1 atom stereocenters. The van der Waals surface area contributed by atoms with E-state index in [2.05, 4.69) is 10.6 Å². The molecule has 1 aliphatic heterocycles. The van der Waals surface area contributed by atoms with Crippen LogP contribution in [0.2, 0.25) is 5.02 Å². The Labute approximate surface area is 195 Å². The number of halogens is 1. The smallest absolute Gasteiger partial charge is 0.293 e. The molecule has 0 radical (unpaired) electrons. The van der Waals surface area contributed by atoms with Crippen molar-refractivity contribution in [3.05, 3.63) is 75.7 Å². The molecule has 0 bridgehead atoms. The first-order chi connectivity index (χ1) is 15.3. The number of nitrogens with one attached hydrogen (secondary N) is 2. The molecule has 0 aromatic heterocycles. The number of imide groups is 1. The van der Waals surface area contributed by atoms with Gasteiger partial charge in [-0.15, -0.1) is 0 Å². The van der Waals surface area contributed by atoms with E-state index < -0.39 is 11.9 Å². The third-order valence-corrected chi connectivity index (χ3v) is 5.83. The second-order valence-electron chi connectivity index (χ2n) is 7.10. The number of rotatable bonds is 8. The van der Waals surface area contributed by atoms with E-state index in [1.807, 2.05) is 30.3 Å². The van der Waals surface area contributed by atoms with E-state index in [1.165, 1.54) is 6.92 Å². The maximum atomic E-state index is 12.6. The minimum absolute atomic E-state index is 0.0436. The first-order valence-corrected chi connectivity index (χ1v) is 11.1. The van der Waals surface area contributed by atoms with Crippen molar-refractivity contribution < 1.29 is 19.2 Å². The Morgan fingerprint density at radius 3 is 2.44 bits per heavy atom. The van der Waals surface area contributed by atoms with E-state index in [-0.39, 0.29) is 36.6 Å². The molecule has 0 aliphatic carbocycles. The summed E-state index contributed by atoms with van der Waals surface area (Å²) < 4.78 is 0. The summed E-state index contributed by atoms with van der Waals surface area (Å²) in [5.41, 5.74) is 1.58. The predicted molar refractivity (Wildman–Crippen MR) is 125 cm³/mol. The summed E-state index contributed by atoms with van der Waals surface area (Å²) >= 11 is 6.73. The van der Waals surface area contributed by atoms with Crippen LogP contribution in [0.1, 0.15) is 30.5 Å². The fraction of sp³-hybridized carbons (Fsp3) is 0.217. The Hall–Kier alpha value is -3.10. The molecule has 1 saturated heterocycles. The highest BCUT2D eigenvalue weighted by Gasteiger charge is 2.34. The van der Waals surface area contributed by atoms with Crippen molar-refractivity contribution in [1.82, 2.24) is 15.5 Å². The van der Waals surface area contributed by atoms with E-state index in [0.717, 1.165) is 27.8 Å². The van der Waals surface area contributed by atoms with E-state index in [4.69, 9.17) is 11.6 Å². The third kappa shape index (κ3) is 6.45. The molecule has 0 spiro atoms. The van der Waals surface area contributed by atoms with Crippen LogP contribution in [0.3, 0.4) is 0 Å². The van der Waals surface area contributed by atoms with E-state index in [9.17, 15) is 19.2 Å². The molecular weight excluding hydrogens is 450 g/mol. The normalized spacial score (nSPS) is 15.7. The summed E-state index contributed by atoms with van der Waals surface area (Å²) in [6.45, 7) is 1.57. The van der Waals surface area contributed by atoms with Gasteiger partial charge in [0.2, 0.25) is 11.8 Å². The van der Waals surface area contributed by atoms with Gasteiger partial charge in [0.1, 0.15) is 0 Å². The summed E-state index contributed by atoms with van der Waals surface area (Å²) in [5.74, 6) is -0.933. The summed E-state index contributed by atoms with van der Waals surface area (Å²) in [4.78, 5) is 50.2. The number of hydrogen-bond acceptors (Lipinski definition) is 5. The zero-order chi connectivity index (χ0) is 23.1. The minimum Gasteiger partial charge on any atom is -0.354 e. The number of benzene rings is 2. The summed E-state index contributed by atoms with van der Waals surface area (Å²) in [7, 11) is 0. The van der Waals surface area contributed by atoms with Crippen molar-refractivity contribution in [1.29, 1.82) is 0 Å². The lowest BCUT2D eigenvalue weighted by molar-refractivity contribution is -0.125. The topological polar surface area (TPSA) is 95.6 Å². The predicted octanol–water partition coefficient (Wildman–Crippen LogP) is 3.76. The molecule has 2 aromatic rings. The molecule has 2 N–H and O–H groups in total. The number of nitrogens with zero attached hydrogens (tertiary/aromatic N) is 1. The van der Waals surface area contributed by atoms with Crippen molar-refractivity contribution >= 4 is 52.4 Å². The van der Waals surface area contributed by atoms with Crippen LogP contribution in [0.15, 0.2) is 59.5 Å². The summed E-state index contributed by atoms with van der Waals surface area (Å²) in [5, 5.41) is 5.68. The lowest BCUT2D eigenvalue weighted by atomic mass is 10.0. The molecule has 32 heavy (non-hydrogen) atoms. The number of amides is 4. The van der Waals surface area contributed by atoms with Crippen LogP contribution in [-0.2, 0) is 14.4 Å². The molecule has 1 unspecified atom stereocenters. The largest absolute Gasteiger partial charge is 0.354 e. The Bertz CT molecular complexity index is 1040. The van der Waals surface area contributed by atoms with Gasteiger partial charge in [0, 0.05) is 25.0 Å². The summed E-state index contributed by atoms with van der Waals surface area (Å²) in [6.07, 6.45) is 1.68. The maximum absolute atomic E-state index is 12.6. The van der Waals surface area contributed by atoms with Gasteiger partial charge in [0.25, 0.3) is 11.1 Å². The van der Waals surface area contributed by atoms with Crippen LogP contribution < -0.4 is 10.6 Å². The molecule has 1 heterocycles. The van der Waals surface area contributed by atoms with Crippen LogP contribution in [-0.4, -0.2) is 41.0 Å². The van der Waals surface area contributed by atoms with Gasteiger partial charge in [-0.2, -0.15) is 0 Å². The van der Waals surface area contributed by atoms with Crippen molar-refractivity contribution in [2.75, 3.05) is 13.1 Å². The fourth-order valence-electron chi connectivity index (χ4n) is 3.15. The highest BCUT2D eigenvalue weighted by atomic mass is 35.5. The van der Waals surface area contributed by atoms with Gasteiger partial charge in [-0.3, -0.25) is 24.1 Å². The van der Waals surface area contributed by atoms with Crippen LogP contribution in [0.5, 0.6) is 0 Å². The van der Waals surface area contributed by atoms with Crippen molar-refractivity contribution in [3.8, 4) is 0 Å². The van der Waals surface area contributed by atoms with Gasteiger partial charge in [0.05, 0.1) is 17.4 Å². The second-order valence-corrected chi connectivity index (χ2v) is 8.53. The molecule has 7 nitrogen and oxygen atoms in total. The van der Waals surface area contributed by atoms with Gasteiger partial charge >= 0.3 is 0 Å². The molecule has 0 saturated carbocycles. The fourth-order valence-corrected chi connectivity index (χ4v) is 4.14. The zero-order valence-corrected chi connectivity index (χ0v) is 18.9. The Morgan fingerprint density at radius 2 is 1.78 bits per heavy atom. The van der Waals surface area contributed by atoms with Gasteiger partial charge in [-0.25, -0.2) is 0 Å². The molecule has 4 amide bonds. The van der Waals surface area contributed by atoms with Gasteiger partial charge in [-0.1, -0.05) is 54.1 Å². The number of carbonyl (C=O) groups excluding carboxylic acids is 4. The Kier molecular flexibility index (Phi) is 8.08. The van der Waals surface area contributed by atoms with Gasteiger partial charge in [0.15, 0.2) is 0 Å². The van der Waals surface area contributed by atoms with E-state index in [0.29, 0.717) is 9.93 Å². The van der Waals surface area contributed by atoms with Crippen molar-refractivity contribution in [3.63, 3.8) is 0 Å². The van der Waals surface area contributed by atoms with E-state index >= 15 is 0 Å². The Balaban J connectivity index is 1.54. The highest BCUT2D eigenvalue weighted by Crippen LogP contribution is 2.32. The quantitative estimate of drug-likeness (QED) is 0.571. The van der Waals surface area contributed by atoms with Crippen LogP contribution in [0.4, 0.5) is 4.79 Å². The third-order valence-electron chi connectivity index (χ3n) is 4.67. The molecule has 1 aliphatic rings. The average Bonchev–Trinajstić information content (AvgIpc) is 3.02. The standard InChI is InChI=1S/C23H22ClN3O4S/c1-15(28)26-19(17-5-3-2-4-6-17)14-21(29)25-11-12-27-22(30)20(32-23(27)31)13-16-7-9-18(24)10-8-16/h2-10,13,19H,11-12,14H2,1H3,(H,25,29)(H,26,28). The van der Waals surface area contributed by atoms with Gasteiger partial charge in [-0.05, 0) is 41.1 Å². The van der Waals surface area contributed by atoms with Gasteiger partial charge < -0.3 is 10.6 Å². The first kappa shape index (κ1) is 23.6. The Morgan fingerprint density at radius 1 is 1.09 bits per heavy atom. The highest BCUT2D eigenvalue weighted by molar-refractivity contribution is 8.18. The van der Waals surface area contributed by atoms with Crippen LogP contribution in [0.25, 0.3) is 6.08 Å². The van der Waals surface area contributed by atoms with Crippen LogP contribution >= 0.6 is 23.4 Å². The second kappa shape index (κ2) is 11.0. The maximum Gasteiger partial charge on any atom is 0.293 e. The lowest BCUT2D eigenvalue weighted by Crippen LogP contribution is -2.38. The first-order valence-electron chi connectivity index (χ1n) is 9.93. The van der Waals surface area contributed by atoms with E-state index in [1.54, 1.807) is 30.3 Å². The molecule has 3 rings (SSSR count). The summed E-state index contributed by atoms with van der Waals surface area (Å²) in [6, 6.07) is 15.7.